The molecular formula is C22H27N5O. The fourth-order valence-corrected chi connectivity index (χ4v) is 2.95. The number of ether oxygens (including phenoxy) is 1. The Hall–Kier alpha value is -3.28. The van der Waals surface area contributed by atoms with E-state index in [1.54, 1.807) is 13.3 Å². The van der Waals surface area contributed by atoms with E-state index in [9.17, 15) is 0 Å². The van der Waals surface area contributed by atoms with Crippen molar-refractivity contribution in [3.8, 4) is 5.75 Å². The summed E-state index contributed by atoms with van der Waals surface area (Å²) in [7, 11) is 1.69. The molecule has 2 aromatic carbocycles. The minimum absolute atomic E-state index is 0.605. The highest BCUT2D eigenvalue weighted by Gasteiger charge is 2.04. The van der Waals surface area contributed by atoms with Gasteiger partial charge in [0.2, 0.25) is 0 Å². The van der Waals surface area contributed by atoms with Crippen LogP contribution in [0.4, 0.5) is 0 Å². The molecule has 0 atom stereocenters. The van der Waals surface area contributed by atoms with Crippen LogP contribution >= 0.6 is 0 Å². The number of nitrogens with one attached hydrogen (secondary N) is 2. The number of hydrogen-bond donors (Lipinski definition) is 2. The lowest BCUT2D eigenvalue weighted by Crippen LogP contribution is -2.36. The van der Waals surface area contributed by atoms with Crippen LogP contribution in [0.3, 0.4) is 0 Å². The van der Waals surface area contributed by atoms with Gasteiger partial charge < -0.3 is 15.4 Å². The van der Waals surface area contributed by atoms with Gasteiger partial charge in [-0.25, -0.2) is 4.99 Å². The summed E-state index contributed by atoms with van der Waals surface area (Å²) in [5.41, 5.74) is 3.47. The van der Waals surface area contributed by atoms with Crippen LogP contribution in [0, 0.1) is 0 Å². The van der Waals surface area contributed by atoms with Crippen LogP contribution in [0.5, 0.6) is 5.75 Å². The third-order valence-corrected chi connectivity index (χ3v) is 4.30. The summed E-state index contributed by atoms with van der Waals surface area (Å²) in [5, 5.41) is 10.9. The molecule has 0 aliphatic rings. The van der Waals surface area contributed by atoms with Crippen LogP contribution in [0.15, 0.2) is 72.0 Å². The smallest absolute Gasteiger partial charge is 0.191 e. The number of hydrogen-bond acceptors (Lipinski definition) is 3. The predicted molar refractivity (Wildman–Crippen MR) is 112 cm³/mol. The van der Waals surface area contributed by atoms with Gasteiger partial charge in [0.05, 0.1) is 20.2 Å². The molecule has 0 fully saturated rings. The molecule has 0 bridgehead atoms. The first-order chi connectivity index (χ1) is 13.8. The van der Waals surface area contributed by atoms with E-state index in [1.807, 2.05) is 41.2 Å². The number of nitrogens with zero attached hydrogens (tertiary/aromatic N) is 3. The van der Waals surface area contributed by atoms with Crippen LogP contribution in [0.2, 0.25) is 0 Å². The van der Waals surface area contributed by atoms with Gasteiger partial charge in [0.25, 0.3) is 0 Å². The van der Waals surface area contributed by atoms with E-state index in [2.05, 4.69) is 46.9 Å². The maximum Gasteiger partial charge on any atom is 0.191 e. The van der Waals surface area contributed by atoms with Crippen molar-refractivity contribution in [1.29, 1.82) is 0 Å². The van der Waals surface area contributed by atoms with Gasteiger partial charge in [-0.05, 0) is 30.2 Å². The normalized spacial score (nSPS) is 11.3. The van der Waals surface area contributed by atoms with E-state index in [-0.39, 0.29) is 0 Å². The van der Waals surface area contributed by atoms with Crippen LogP contribution in [0.25, 0.3) is 0 Å². The van der Waals surface area contributed by atoms with Gasteiger partial charge in [0, 0.05) is 31.0 Å². The highest BCUT2D eigenvalue weighted by molar-refractivity contribution is 5.79. The fraction of sp³-hybridized carbons (Fsp3) is 0.273. The Morgan fingerprint density at radius 2 is 1.93 bits per heavy atom. The molecule has 0 saturated heterocycles. The Morgan fingerprint density at radius 1 is 1.07 bits per heavy atom. The fourth-order valence-electron chi connectivity index (χ4n) is 2.95. The summed E-state index contributed by atoms with van der Waals surface area (Å²) in [4.78, 5) is 4.72. The molecule has 2 N–H and O–H groups in total. The molecule has 1 heterocycles. The summed E-state index contributed by atoms with van der Waals surface area (Å²) in [6, 6.07) is 18.4. The second-order valence-electron chi connectivity index (χ2n) is 6.38. The third kappa shape index (κ3) is 5.61. The van der Waals surface area contributed by atoms with Gasteiger partial charge >= 0.3 is 0 Å². The maximum atomic E-state index is 5.42. The van der Waals surface area contributed by atoms with E-state index >= 15 is 0 Å². The van der Waals surface area contributed by atoms with Gasteiger partial charge in [0.1, 0.15) is 5.75 Å². The second-order valence-corrected chi connectivity index (χ2v) is 6.38. The molecule has 1 aromatic heterocycles. The number of aromatic nitrogens is 2. The maximum absolute atomic E-state index is 5.42. The van der Waals surface area contributed by atoms with Crippen molar-refractivity contribution in [2.45, 2.75) is 26.6 Å². The van der Waals surface area contributed by atoms with E-state index in [0.717, 1.165) is 30.4 Å². The van der Waals surface area contributed by atoms with Gasteiger partial charge in [-0.3, -0.25) is 4.68 Å². The van der Waals surface area contributed by atoms with Crippen molar-refractivity contribution in [2.24, 2.45) is 4.99 Å². The Balaban J connectivity index is 1.64. The second kappa shape index (κ2) is 10.2. The zero-order chi connectivity index (χ0) is 19.6. The molecule has 28 heavy (non-hydrogen) atoms. The summed E-state index contributed by atoms with van der Waals surface area (Å²) in [6.07, 6.45) is 3.76. The number of benzene rings is 2. The minimum atomic E-state index is 0.605. The molecule has 6 nitrogen and oxygen atoms in total. The van der Waals surface area contributed by atoms with E-state index < -0.39 is 0 Å². The standard InChI is InChI=1S/C22H27N5O/c1-3-23-22(25-16-20-10-4-5-11-21(20)28-2)24-15-18-8-6-9-19(14-18)17-27-13-7-12-26-27/h4-14H,3,15-17H2,1-2H3,(H2,23,24,25). The highest BCUT2D eigenvalue weighted by atomic mass is 16.5. The monoisotopic (exact) mass is 377 g/mol. The number of rotatable bonds is 8. The quantitative estimate of drug-likeness (QED) is 0.467. The van der Waals surface area contributed by atoms with Crippen molar-refractivity contribution in [3.05, 3.63) is 83.7 Å². The van der Waals surface area contributed by atoms with Crippen molar-refractivity contribution in [1.82, 2.24) is 20.4 Å². The first-order valence-corrected chi connectivity index (χ1v) is 9.48. The van der Waals surface area contributed by atoms with Crippen molar-refractivity contribution >= 4 is 5.96 Å². The van der Waals surface area contributed by atoms with Gasteiger partial charge in [-0.2, -0.15) is 5.10 Å². The first kappa shape index (κ1) is 19.5. The van der Waals surface area contributed by atoms with Crippen LogP contribution in [-0.4, -0.2) is 29.4 Å². The SMILES string of the molecule is CCNC(=NCc1cccc(Cn2cccn2)c1)NCc1ccccc1OC. The first-order valence-electron chi connectivity index (χ1n) is 9.48. The van der Waals surface area contributed by atoms with E-state index in [1.165, 1.54) is 11.1 Å². The molecule has 0 unspecified atom stereocenters. The topological polar surface area (TPSA) is 63.5 Å². The number of aliphatic imine (C=N–C) groups is 1. The lowest BCUT2D eigenvalue weighted by atomic mass is 10.1. The molecule has 0 aliphatic heterocycles. The number of guanidine groups is 1. The summed E-state index contributed by atoms with van der Waals surface area (Å²) >= 11 is 0. The van der Waals surface area contributed by atoms with E-state index in [4.69, 9.17) is 9.73 Å². The Kier molecular flexibility index (Phi) is 7.07. The average molecular weight is 377 g/mol. The molecule has 0 aliphatic carbocycles. The zero-order valence-electron chi connectivity index (χ0n) is 16.4. The summed E-state index contributed by atoms with van der Waals surface area (Å²) < 4.78 is 7.33. The Morgan fingerprint density at radius 3 is 2.71 bits per heavy atom. The molecule has 6 heteroatoms. The molecule has 0 amide bonds. The number of para-hydroxylation sites is 1. The van der Waals surface area contributed by atoms with E-state index in [0.29, 0.717) is 13.1 Å². The largest absolute Gasteiger partial charge is 0.496 e. The van der Waals surface area contributed by atoms with Crippen molar-refractivity contribution < 1.29 is 4.74 Å². The Labute approximate surface area is 166 Å². The Bertz CT molecular complexity index is 889. The average Bonchev–Trinajstić information content (AvgIpc) is 3.23. The summed E-state index contributed by atoms with van der Waals surface area (Å²) in [6.45, 7) is 4.88. The lowest BCUT2D eigenvalue weighted by Gasteiger charge is -2.13. The van der Waals surface area contributed by atoms with Crippen LogP contribution < -0.4 is 15.4 Å². The van der Waals surface area contributed by atoms with Crippen molar-refractivity contribution in [2.75, 3.05) is 13.7 Å². The van der Waals surface area contributed by atoms with Crippen LogP contribution in [-0.2, 0) is 19.6 Å². The van der Waals surface area contributed by atoms with Crippen LogP contribution in [0.1, 0.15) is 23.6 Å². The molecular weight excluding hydrogens is 350 g/mol. The van der Waals surface area contributed by atoms with Gasteiger partial charge in [0.15, 0.2) is 5.96 Å². The number of methoxy groups -OCH3 is 1. The molecule has 3 rings (SSSR count). The zero-order valence-corrected chi connectivity index (χ0v) is 16.4. The molecule has 0 saturated carbocycles. The predicted octanol–water partition coefficient (Wildman–Crippen LogP) is 3.20. The minimum Gasteiger partial charge on any atom is -0.496 e. The van der Waals surface area contributed by atoms with Gasteiger partial charge in [-0.15, -0.1) is 0 Å². The van der Waals surface area contributed by atoms with Crippen molar-refractivity contribution in [3.63, 3.8) is 0 Å². The third-order valence-electron chi connectivity index (χ3n) is 4.30. The molecule has 0 spiro atoms. The lowest BCUT2D eigenvalue weighted by molar-refractivity contribution is 0.409. The van der Waals surface area contributed by atoms with Gasteiger partial charge in [-0.1, -0.05) is 42.5 Å². The summed E-state index contributed by atoms with van der Waals surface area (Å²) in [5.74, 6) is 1.66. The molecule has 3 aromatic rings. The molecule has 0 radical (unpaired) electrons. The highest BCUT2D eigenvalue weighted by Crippen LogP contribution is 2.16. The molecule has 146 valence electrons.